The Morgan fingerprint density at radius 1 is 0.833 bits per heavy atom. The third-order valence-corrected chi connectivity index (χ3v) is 7.49. The van der Waals surface area contributed by atoms with Gasteiger partial charge in [-0.25, -0.2) is 8.78 Å². The molecular weight excluding hydrogens is 461 g/mol. The Morgan fingerprint density at radius 2 is 1.50 bits per heavy atom. The van der Waals surface area contributed by atoms with Crippen LogP contribution in [0, 0.1) is 23.4 Å². The summed E-state index contributed by atoms with van der Waals surface area (Å²) in [5.74, 6) is -1.88. The van der Waals surface area contributed by atoms with Crippen molar-refractivity contribution in [2.45, 2.75) is 70.8 Å². The van der Waals surface area contributed by atoms with Crippen LogP contribution < -0.4 is 4.74 Å². The summed E-state index contributed by atoms with van der Waals surface area (Å²) < 4.78 is 49.2. The molecule has 0 spiro atoms. The van der Waals surface area contributed by atoms with Crippen molar-refractivity contribution in [1.29, 1.82) is 0 Å². The van der Waals surface area contributed by atoms with Crippen LogP contribution in [-0.4, -0.2) is 11.7 Å². The quantitative estimate of drug-likeness (QED) is 0.300. The predicted molar refractivity (Wildman–Crippen MR) is 138 cm³/mol. The van der Waals surface area contributed by atoms with Crippen LogP contribution in [-0.2, 0) is 5.60 Å². The van der Waals surface area contributed by atoms with E-state index >= 15 is 4.39 Å². The van der Waals surface area contributed by atoms with Gasteiger partial charge in [-0.2, -0.15) is 4.39 Å². The summed E-state index contributed by atoms with van der Waals surface area (Å²) >= 11 is 0. The molecule has 0 bridgehead atoms. The second kappa shape index (κ2) is 11.5. The first-order valence-corrected chi connectivity index (χ1v) is 13.1. The van der Waals surface area contributed by atoms with Crippen molar-refractivity contribution in [3.8, 4) is 28.0 Å². The van der Waals surface area contributed by atoms with Gasteiger partial charge in [0, 0.05) is 11.1 Å². The average Bonchev–Trinajstić information content (AvgIpc) is 2.88. The molecule has 0 amide bonds. The van der Waals surface area contributed by atoms with Gasteiger partial charge in [0.25, 0.3) is 0 Å². The smallest absolute Gasteiger partial charge is 0.201 e. The van der Waals surface area contributed by atoms with Crippen LogP contribution in [0.5, 0.6) is 5.75 Å². The molecule has 0 aliphatic heterocycles. The van der Waals surface area contributed by atoms with Crippen molar-refractivity contribution in [3.05, 3.63) is 77.6 Å². The van der Waals surface area contributed by atoms with E-state index in [0.29, 0.717) is 35.4 Å². The Kier molecular flexibility index (Phi) is 8.40. The normalized spacial score (nSPS) is 19.9. The molecule has 0 saturated heterocycles. The van der Waals surface area contributed by atoms with Gasteiger partial charge in [0.2, 0.25) is 5.82 Å². The minimum absolute atomic E-state index is 0.113. The molecule has 0 aromatic heterocycles. The Balaban J connectivity index is 1.48. The molecule has 1 saturated carbocycles. The maximum Gasteiger partial charge on any atom is 0.201 e. The minimum atomic E-state index is -1.12. The van der Waals surface area contributed by atoms with Crippen LogP contribution in [0.2, 0.25) is 0 Å². The van der Waals surface area contributed by atoms with E-state index in [0.717, 1.165) is 18.4 Å². The van der Waals surface area contributed by atoms with E-state index in [9.17, 15) is 13.9 Å². The fraction of sp³-hybridized carbons (Fsp3) is 0.419. The van der Waals surface area contributed by atoms with Crippen LogP contribution in [0.1, 0.15) is 70.8 Å². The molecule has 0 radical (unpaired) electrons. The predicted octanol–water partition coefficient (Wildman–Crippen LogP) is 8.79. The van der Waals surface area contributed by atoms with Crippen molar-refractivity contribution in [2.24, 2.45) is 5.92 Å². The van der Waals surface area contributed by atoms with Crippen molar-refractivity contribution < 1.29 is 23.0 Å². The third-order valence-electron chi connectivity index (χ3n) is 7.49. The monoisotopic (exact) mass is 496 g/mol. The largest absolute Gasteiger partial charge is 0.491 e. The number of rotatable bonds is 9. The highest BCUT2D eigenvalue weighted by Crippen LogP contribution is 2.42. The van der Waals surface area contributed by atoms with E-state index in [-0.39, 0.29) is 17.9 Å². The van der Waals surface area contributed by atoms with E-state index in [2.05, 4.69) is 6.92 Å². The van der Waals surface area contributed by atoms with Gasteiger partial charge >= 0.3 is 0 Å². The fourth-order valence-corrected chi connectivity index (χ4v) is 5.33. The number of hydrogen-bond donors (Lipinski definition) is 1. The lowest BCUT2D eigenvalue weighted by Gasteiger charge is -2.36. The molecule has 3 aromatic carbocycles. The zero-order valence-corrected chi connectivity index (χ0v) is 21.1. The lowest BCUT2D eigenvalue weighted by Crippen LogP contribution is -2.32. The molecule has 1 fully saturated rings. The van der Waals surface area contributed by atoms with Gasteiger partial charge in [-0.15, -0.1) is 0 Å². The Hall–Kier alpha value is -2.79. The molecule has 2 nitrogen and oxygen atoms in total. The van der Waals surface area contributed by atoms with E-state index in [1.807, 2.05) is 6.07 Å². The zero-order valence-electron chi connectivity index (χ0n) is 21.1. The van der Waals surface area contributed by atoms with E-state index < -0.39 is 23.1 Å². The Bertz CT molecular complexity index is 1170. The molecule has 1 N–H and O–H groups in total. The number of hydrogen-bond acceptors (Lipinski definition) is 2. The average molecular weight is 497 g/mol. The van der Waals surface area contributed by atoms with Gasteiger partial charge in [-0.1, -0.05) is 69.0 Å². The molecule has 36 heavy (non-hydrogen) atoms. The van der Waals surface area contributed by atoms with Crippen molar-refractivity contribution in [2.75, 3.05) is 6.61 Å². The first-order valence-electron chi connectivity index (χ1n) is 13.1. The number of benzene rings is 3. The molecule has 3 aromatic rings. The van der Waals surface area contributed by atoms with E-state index in [1.165, 1.54) is 43.9 Å². The van der Waals surface area contributed by atoms with Gasteiger partial charge < -0.3 is 9.84 Å². The summed E-state index contributed by atoms with van der Waals surface area (Å²) in [6.07, 6.45) is 7.86. The Labute approximate surface area is 212 Å². The van der Waals surface area contributed by atoms with Crippen LogP contribution in [0.15, 0.2) is 54.6 Å². The molecule has 192 valence electrons. The molecule has 4 rings (SSSR count). The van der Waals surface area contributed by atoms with Crippen LogP contribution in [0.4, 0.5) is 13.2 Å². The van der Waals surface area contributed by atoms with Crippen LogP contribution >= 0.6 is 0 Å². The van der Waals surface area contributed by atoms with Gasteiger partial charge in [0.15, 0.2) is 11.6 Å². The maximum atomic E-state index is 15.2. The molecule has 1 aliphatic rings. The van der Waals surface area contributed by atoms with Gasteiger partial charge in [-0.3, -0.25) is 0 Å². The molecular formula is C31H35F3O2. The summed E-state index contributed by atoms with van der Waals surface area (Å²) in [5.41, 5.74) is 1.31. The summed E-state index contributed by atoms with van der Waals surface area (Å²) in [4.78, 5) is 0. The lowest BCUT2D eigenvalue weighted by atomic mass is 9.73. The highest BCUT2D eigenvalue weighted by atomic mass is 19.2. The molecule has 0 atom stereocenters. The Morgan fingerprint density at radius 3 is 2.14 bits per heavy atom. The number of unbranched alkanes of at least 4 members (excludes halogenated alkanes) is 2. The second-order valence-corrected chi connectivity index (χ2v) is 9.91. The lowest BCUT2D eigenvalue weighted by molar-refractivity contribution is -0.0182. The standard InChI is InChI=1S/C31H35F3O2/c1-3-5-6-7-21-16-18-31(35,19-17-21)26-14-12-24(20-27(26)32)22-8-10-23(11-9-22)25-13-15-28(36-4-2)30(34)29(25)33/h8-15,20-21,35H,3-7,16-19H2,1-2H3. The number of ether oxygens (including phenoxy) is 1. The zero-order chi connectivity index (χ0) is 25.7. The van der Waals surface area contributed by atoms with Crippen molar-refractivity contribution >= 4 is 0 Å². The topological polar surface area (TPSA) is 29.5 Å². The highest BCUT2D eigenvalue weighted by molar-refractivity contribution is 5.71. The van der Waals surface area contributed by atoms with Crippen LogP contribution in [0.25, 0.3) is 22.3 Å². The molecule has 0 heterocycles. The summed E-state index contributed by atoms with van der Waals surface area (Å²) in [7, 11) is 0. The first kappa shape index (κ1) is 26.3. The van der Waals surface area contributed by atoms with Crippen molar-refractivity contribution in [1.82, 2.24) is 0 Å². The summed E-state index contributed by atoms with van der Waals surface area (Å²) in [6.45, 7) is 4.15. The van der Waals surface area contributed by atoms with Gasteiger partial charge in [0.1, 0.15) is 5.82 Å². The highest BCUT2D eigenvalue weighted by Gasteiger charge is 2.36. The van der Waals surface area contributed by atoms with Gasteiger partial charge in [0.05, 0.1) is 12.2 Å². The fourth-order valence-electron chi connectivity index (χ4n) is 5.33. The number of halogens is 3. The third kappa shape index (κ3) is 5.62. The second-order valence-electron chi connectivity index (χ2n) is 9.91. The van der Waals surface area contributed by atoms with E-state index in [4.69, 9.17) is 4.74 Å². The van der Waals surface area contributed by atoms with Crippen LogP contribution in [0.3, 0.4) is 0 Å². The van der Waals surface area contributed by atoms with Gasteiger partial charge in [-0.05, 0) is 73.4 Å². The summed E-state index contributed by atoms with van der Waals surface area (Å²) in [6, 6.07) is 14.8. The molecule has 1 aliphatic carbocycles. The summed E-state index contributed by atoms with van der Waals surface area (Å²) in [5, 5.41) is 11.2. The van der Waals surface area contributed by atoms with Crippen molar-refractivity contribution in [3.63, 3.8) is 0 Å². The van der Waals surface area contributed by atoms with E-state index in [1.54, 1.807) is 37.3 Å². The number of aliphatic hydroxyl groups is 1. The minimum Gasteiger partial charge on any atom is -0.491 e. The molecule has 5 heteroatoms. The first-order chi connectivity index (χ1) is 17.4. The maximum absolute atomic E-state index is 15.2. The SMILES string of the molecule is CCCCCC1CCC(O)(c2ccc(-c3ccc(-c4ccc(OCC)c(F)c4F)cc3)cc2F)CC1. The molecule has 0 unspecified atom stereocenters.